The van der Waals surface area contributed by atoms with Gasteiger partial charge < -0.3 is 25.0 Å². The molecule has 1 aliphatic heterocycles. The van der Waals surface area contributed by atoms with Crippen LogP contribution in [-0.4, -0.2) is 65.1 Å². The fraction of sp³-hybridized carbons (Fsp3) is 0.333. The minimum absolute atomic E-state index is 0.0314. The van der Waals surface area contributed by atoms with Crippen LogP contribution in [0.2, 0.25) is 0 Å². The second kappa shape index (κ2) is 11.0. The zero-order valence-electron chi connectivity index (χ0n) is 21.2. The average molecular weight is 566 g/mol. The van der Waals surface area contributed by atoms with Gasteiger partial charge in [0.2, 0.25) is 0 Å². The number of methoxy groups -OCH3 is 1. The van der Waals surface area contributed by atoms with Gasteiger partial charge >= 0.3 is 6.18 Å². The van der Waals surface area contributed by atoms with Crippen LogP contribution in [0.1, 0.15) is 12.8 Å². The van der Waals surface area contributed by atoms with E-state index < -0.39 is 42.2 Å². The molecule has 1 saturated heterocycles. The number of fused-ring (bicyclic) bond motifs is 1. The Bertz CT molecular complexity index is 1490. The van der Waals surface area contributed by atoms with Crippen LogP contribution in [0.4, 0.5) is 32.0 Å². The predicted octanol–water partition coefficient (Wildman–Crippen LogP) is 5.20. The summed E-state index contributed by atoms with van der Waals surface area (Å²) in [7, 11) is 1.40. The van der Waals surface area contributed by atoms with Gasteiger partial charge in [0, 0.05) is 61.8 Å². The first kappa shape index (κ1) is 27.7. The number of anilines is 1. The molecule has 0 unspecified atom stereocenters. The molecule has 0 amide bonds. The molecular formula is C27H25F6N5O2. The van der Waals surface area contributed by atoms with Crippen LogP contribution in [0.5, 0.6) is 5.75 Å². The number of aliphatic hydroxyl groups excluding tert-OH is 1. The van der Waals surface area contributed by atoms with Crippen LogP contribution in [0.25, 0.3) is 33.5 Å². The molecule has 2 aromatic heterocycles. The monoisotopic (exact) mass is 565 g/mol. The highest BCUT2D eigenvalue weighted by Gasteiger charge is 2.33. The molecule has 7 nitrogen and oxygen atoms in total. The molecule has 3 heterocycles. The summed E-state index contributed by atoms with van der Waals surface area (Å²) < 4.78 is 85.3. The summed E-state index contributed by atoms with van der Waals surface area (Å²) in [5.41, 5.74) is 2.19. The second-order valence-electron chi connectivity index (χ2n) is 9.56. The first-order valence-corrected chi connectivity index (χ1v) is 12.4. The average Bonchev–Trinajstić information content (AvgIpc) is 3.30. The van der Waals surface area contributed by atoms with Gasteiger partial charge in [0.05, 0.1) is 41.9 Å². The SMILES string of the molecule is COc1cc(F)cc(-c2cncc(-c3nc4cc(F)c(F)cc4[nH]3)c2N2CC[C@@H](NCCC(F)(F)F)[C@@H](O)C2)c1. The number of halogens is 6. The van der Waals surface area contributed by atoms with Crippen molar-refractivity contribution in [2.75, 3.05) is 31.6 Å². The summed E-state index contributed by atoms with van der Waals surface area (Å²) in [5.74, 6) is -2.19. The van der Waals surface area contributed by atoms with Gasteiger partial charge in [-0.15, -0.1) is 0 Å². The van der Waals surface area contributed by atoms with Gasteiger partial charge in [-0.05, 0) is 24.1 Å². The molecule has 40 heavy (non-hydrogen) atoms. The van der Waals surface area contributed by atoms with E-state index in [4.69, 9.17) is 4.74 Å². The molecule has 212 valence electrons. The van der Waals surface area contributed by atoms with E-state index in [1.54, 1.807) is 6.07 Å². The van der Waals surface area contributed by atoms with Crippen molar-refractivity contribution < 1.29 is 36.2 Å². The standard InChI is InChI=1S/C27H25F6N5O2/c1-40-16-7-14(6-15(28)8-16)17-11-34-12-18(26-36-22-9-19(29)20(30)10-23(22)37-26)25(17)38-5-2-21(24(39)13-38)35-4-3-27(31,32)33/h6-12,21,24,35,39H,2-5,13H2,1H3,(H,36,37)/t21-,24+/m1/s1. The van der Waals surface area contributed by atoms with Crippen molar-refractivity contribution in [1.29, 1.82) is 0 Å². The molecule has 1 fully saturated rings. The molecule has 1 aliphatic rings. The number of nitrogens with zero attached hydrogens (tertiary/aromatic N) is 3. The van der Waals surface area contributed by atoms with Crippen LogP contribution in [0, 0.1) is 17.5 Å². The first-order chi connectivity index (χ1) is 19.0. The smallest absolute Gasteiger partial charge is 0.390 e. The quantitative estimate of drug-likeness (QED) is 0.267. The summed E-state index contributed by atoms with van der Waals surface area (Å²) in [5, 5.41) is 13.6. The lowest BCUT2D eigenvalue weighted by molar-refractivity contribution is -0.134. The van der Waals surface area contributed by atoms with Crippen molar-refractivity contribution in [3.05, 3.63) is 60.2 Å². The van der Waals surface area contributed by atoms with Gasteiger partial charge in [-0.1, -0.05) is 0 Å². The van der Waals surface area contributed by atoms with E-state index in [0.29, 0.717) is 35.3 Å². The molecule has 2 atom stereocenters. The number of imidazole rings is 1. The summed E-state index contributed by atoms with van der Waals surface area (Å²) >= 11 is 0. The van der Waals surface area contributed by atoms with Crippen LogP contribution in [0.3, 0.4) is 0 Å². The Morgan fingerprint density at radius 2 is 1.82 bits per heavy atom. The van der Waals surface area contributed by atoms with E-state index in [9.17, 15) is 31.4 Å². The number of benzene rings is 2. The van der Waals surface area contributed by atoms with Crippen LogP contribution >= 0.6 is 0 Å². The third-order valence-corrected chi connectivity index (χ3v) is 6.83. The van der Waals surface area contributed by atoms with Crippen molar-refractivity contribution in [1.82, 2.24) is 20.3 Å². The molecule has 3 N–H and O–H groups in total. The molecule has 0 bridgehead atoms. The topological polar surface area (TPSA) is 86.3 Å². The van der Waals surface area contributed by atoms with E-state index in [1.165, 1.54) is 31.6 Å². The lowest BCUT2D eigenvalue weighted by Gasteiger charge is -2.39. The highest BCUT2D eigenvalue weighted by molar-refractivity contribution is 5.91. The fourth-order valence-electron chi connectivity index (χ4n) is 4.92. The molecule has 0 saturated carbocycles. The minimum Gasteiger partial charge on any atom is -0.497 e. The molecule has 13 heteroatoms. The first-order valence-electron chi connectivity index (χ1n) is 12.4. The van der Waals surface area contributed by atoms with Crippen molar-refractivity contribution in [2.45, 2.75) is 31.2 Å². The zero-order chi connectivity index (χ0) is 28.6. The third kappa shape index (κ3) is 5.85. The van der Waals surface area contributed by atoms with Gasteiger partial charge in [-0.2, -0.15) is 13.2 Å². The lowest BCUT2D eigenvalue weighted by atomic mass is 9.96. The van der Waals surface area contributed by atoms with Crippen LogP contribution < -0.4 is 15.0 Å². The van der Waals surface area contributed by atoms with Gasteiger partial charge in [0.15, 0.2) is 11.6 Å². The molecule has 2 aromatic carbocycles. The largest absolute Gasteiger partial charge is 0.497 e. The number of hydrogen-bond donors (Lipinski definition) is 3. The van der Waals surface area contributed by atoms with E-state index in [-0.39, 0.29) is 35.7 Å². The molecular weight excluding hydrogens is 540 g/mol. The Morgan fingerprint density at radius 1 is 1.07 bits per heavy atom. The van der Waals surface area contributed by atoms with Crippen molar-refractivity contribution in [3.8, 4) is 28.3 Å². The Balaban J connectivity index is 1.56. The number of aromatic amines is 1. The molecule has 0 spiro atoms. The number of alkyl halides is 3. The summed E-state index contributed by atoms with van der Waals surface area (Å²) in [4.78, 5) is 13.5. The lowest BCUT2D eigenvalue weighted by Crippen LogP contribution is -2.53. The fourth-order valence-corrected chi connectivity index (χ4v) is 4.92. The maximum absolute atomic E-state index is 14.5. The van der Waals surface area contributed by atoms with Crippen LogP contribution in [0.15, 0.2) is 42.7 Å². The van der Waals surface area contributed by atoms with E-state index >= 15 is 0 Å². The highest BCUT2D eigenvalue weighted by Crippen LogP contribution is 2.41. The second-order valence-corrected chi connectivity index (χ2v) is 9.56. The number of aromatic nitrogens is 3. The van der Waals surface area contributed by atoms with E-state index in [0.717, 1.165) is 12.1 Å². The molecule has 5 rings (SSSR count). The highest BCUT2D eigenvalue weighted by atomic mass is 19.4. The van der Waals surface area contributed by atoms with Gasteiger partial charge in [-0.25, -0.2) is 18.2 Å². The predicted molar refractivity (Wildman–Crippen MR) is 136 cm³/mol. The Kier molecular flexibility index (Phi) is 7.60. The molecule has 0 aliphatic carbocycles. The normalized spacial score (nSPS) is 17.9. The Hall–Kier alpha value is -3.84. The summed E-state index contributed by atoms with van der Waals surface area (Å²) in [6, 6.07) is 5.48. The summed E-state index contributed by atoms with van der Waals surface area (Å²) in [6.45, 7) is 0.0243. The van der Waals surface area contributed by atoms with E-state index in [2.05, 4.69) is 20.3 Å². The molecule has 4 aromatic rings. The minimum atomic E-state index is -4.32. The van der Waals surface area contributed by atoms with Crippen molar-refractivity contribution >= 4 is 16.7 Å². The van der Waals surface area contributed by atoms with Crippen LogP contribution in [-0.2, 0) is 0 Å². The maximum atomic E-state index is 14.5. The van der Waals surface area contributed by atoms with Crippen molar-refractivity contribution in [2.24, 2.45) is 0 Å². The number of ether oxygens (including phenoxy) is 1. The van der Waals surface area contributed by atoms with E-state index in [1.807, 2.05) is 4.90 Å². The number of piperidine rings is 1. The Morgan fingerprint density at radius 3 is 2.55 bits per heavy atom. The number of β-amino-alcohol motifs (C(OH)–C–C–N with tert-alkyl or cyclic N) is 1. The maximum Gasteiger partial charge on any atom is 0.390 e. The number of rotatable bonds is 7. The Labute approximate surface area is 224 Å². The van der Waals surface area contributed by atoms with Gasteiger partial charge in [0.25, 0.3) is 0 Å². The molecule has 0 radical (unpaired) electrons. The number of hydrogen-bond acceptors (Lipinski definition) is 6. The zero-order valence-corrected chi connectivity index (χ0v) is 21.2. The van der Waals surface area contributed by atoms with Gasteiger partial charge in [0.1, 0.15) is 17.4 Å². The van der Waals surface area contributed by atoms with Gasteiger partial charge in [-0.3, -0.25) is 4.98 Å². The number of pyridine rings is 1. The number of aliphatic hydroxyl groups is 1. The van der Waals surface area contributed by atoms with Crippen molar-refractivity contribution in [3.63, 3.8) is 0 Å². The third-order valence-electron chi connectivity index (χ3n) is 6.83. The summed E-state index contributed by atoms with van der Waals surface area (Å²) in [6.07, 6.45) is -3.06. The number of nitrogens with one attached hydrogen (secondary N) is 2. The number of H-pyrrole nitrogens is 1.